The van der Waals surface area contributed by atoms with Gasteiger partial charge in [0.05, 0.1) is 31.1 Å². The Morgan fingerprint density at radius 2 is 1.94 bits per heavy atom. The average Bonchev–Trinajstić information content (AvgIpc) is 2.95. The van der Waals surface area contributed by atoms with E-state index >= 15 is 0 Å². The van der Waals surface area contributed by atoms with E-state index in [1.54, 1.807) is 0 Å². The van der Waals surface area contributed by atoms with E-state index < -0.39 is 38.9 Å². The van der Waals surface area contributed by atoms with Gasteiger partial charge in [0.1, 0.15) is 0 Å². The second kappa shape index (κ2) is 5.23. The summed E-state index contributed by atoms with van der Waals surface area (Å²) in [6.07, 6.45) is 1.40. The highest BCUT2D eigenvalue weighted by Gasteiger charge is 2.48. The first-order valence-corrected chi connectivity index (χ1v) is 7.34. The van der Waals surface area contributed by atoms with Crippen LogP contribution in [0.1, 0.15) is 19.3 Å². The predicted octanol–water partition coefficient (Wildman–Crippen LogP) is -1.44. The maximum Gasteiger partial charge on any atom is 0.306 e. The molecule has 1 aliphatic rings. The van der Waals surface area contributed by atoms with Crippen molar-refractivity contribution < 1.29 is 22.7 Å². The van der Waals surface area contributed by atoms with Gasteiger partial charge in [-0.3, -0.25) is 9.59 Å². The van der Waals surface area contributed by atoms with E-state index in [4.69, 9.17) is 11.5 Å². The van der Waals surface area contributed by atoms with Crippen LogP contribution >= 0.6 is 0 Å². The van der Waals surface area contributed by atoms with Gasteiger partial charge in [0.2, 0.25) is 5.91 Å². The van der Waals surface area contributed by atoms with Crippen LogP contribution < -0.4 is 11.5 Å². The van der Waals surface area contributed by atoms with Crippen LogP contribution in [0.3, 0.4) is 0 Å². The number of sulfone groups is 1. The first kappa shape index (κ1) is 14.9. The molecular weight excluding hydrogens is 260 g/mol. The van der Waals surface area contributed by atoms with Crippen LogP contribution in [0.2, 0.25) is 0 Å². The van der Waals surface area contributed by atoms with Gasteiger partial charge in [-0.25, -0.2) is 8.42 Å². The Kier molecular flexibility index (Phi) is 4.33. The van der Waals surface area contributed by atoms with E-state index in [1.807, 2.05) is 0 Å². The van der Waals surface area contributed by atoms with Crippen molar-refractivity contribution in [2.24, 2.45) is 16.9 Å². The summed E-state index contributed by atoms with van der Waals surface area (Å²) in [4.78, 5) is 21.9. The standard InChI is InChI=1S/C10H18N2O5S/c1-17-8(13)4-10(2-3-10)6-18(15,16)5-7(11)9(12)14/h7H,2-6,11H2,1H3,(H2,12,14). The lowest BCUT2D eigenvalue weighted by molar-refractivity contribution is -0.141. The van der Waals surface area contributed by atoms with Gasteiger partial charge in [0.15, 0.2) is 9.84 Å². The molecule has 7 nitrogen and oxygen atoms in total. The summed E-state index contributed by atoms with van der Waals surface area (Å²) in [7, 11) is -2.25. The first-order valence-electron chi connectivity index (χ1n) is 5.52. The summed E-state index contributed by atoms with van der Waals surface area (Å²) in [5.74, 6) is -1.92. The zero-order valence-corrected chi connectivity index (χ0v) is 11.0. The van der Waals surface area contributed by atoms with Crippen molar-refractivity contribution in [2.45, 2.75) is 25.3 Å². The van der Waals surface area contributed by atoms with Crippen LogP contribution in [-0.4, -0.2) is 45.0 Å². The number of hydrogen-bond donors (Lipinski definition) is 2. The minimum absolute atomic E-state index is 0.0779. The summed E-state index contributed by atoms with van der Waals surface area (Å²) in [5.41, 5.74) is 9.71. The maximum absolute atomic E-state index is 11.8. The second-order valence-corrected chi connectivity index (χ2v) is 6.93. The van der Waals surface area contributed by atoms with Gasteiger partial charge in [0.25, 0.3) is 0 Å². The lowest BCUT2D eigenvalue weighted by atomic mass is 10.1. The van der Waals surface area contributed by atoms with E-state index in [0.29, 0.717) is 12.8 Å². The fraction of sp³-hybridized carbons (Fsp3) is 0.800. The molecule has 0 heterocycles. The van der Waals surface area contributed by atoms with Crippen molar-refractivity contribution >= 4 is 21.7 Å². The van der Waals surface area contributed by atoms with Crippen molar-refractivity contribution in [1.82, 2.24) is 0 Å². The molecule has 0 radical (unpaired) electrons. The smallest absolute Gasteiger partial charge is 0.306 e. The Morgan fingerprint density at radius 1 is 1.39 bits per heavy atom. The summed E-state index contributed by atoms with van der Waals surface area (Å²) < 4.78 is 28.2. The summed E-state index contributed by atoms with van der Waals surface area (Å²) >= 11 is 0. The Labute approximate surface area is 106 Å². The minimum atomic E-state index is -3.51. The quantitative estimate of drug-likeness (QED) is 0.548. The van der Waals surface area contributed by atoms with Crippen molar-refractivity contribution in [3.8, 4) is 0 Å². The van der Waals surface area contributed by atoms with Crippen LogP contribution in [0.15, 0.2) is 0 Å². The molecule has 4 N–H and O–H groups in total. The van der Waals surface area contributed by atoms with Crippen molar-refractivity contribution in [3.63, 3.8) is 0 Å². The normalized spacial score (nSPS) is 19.0. The molecule has 104 valence electrons. The van der Waals surface area contributed by atoms with Crippen LogP contribution in [-0.2, 0) is 24.2 Å². The number of rotatable bonds is 7. The fourth-order valence-corrected chi connectivity index (χ4v) is 3.96. The average molecular weight is 278 g/mol. The van der Waals surface area contributed by atoms with E-state index in [2.05, 4.69) is 4.74 Å². The first-order chi connectivity index (χ1) is 8.20. The van der Waals surface area contributed by atoms with E-state index in [9.17, 15) is 18.0 Å². The largest absolute Gasteiger partial charge is 0.469 e. The van der Waals surface area contributed by atoms with Gasteiger partial charge in [-0.2, -0.15) is 0 Å². The van der Waals surface area contributed by atoms with Gasteiger partial charge in [-0.1, -0.05) is 0 Å². The molecule has 0 bridgehead atoms. The number of carbonyl (C=O) groups excluding carboxylic acids is 2. The van der Waals surface area contributed by atoms with Crippen LogP contribution in [0.25, 0.3) is 0 Å². The van der Waals surface area contributed by atoms with E-state index in [1.165, 1.54) is 7.11 Å². The molecule has 18 heavy (non-hydrogen) atoms. The maximum atomic E-state index is 11.8. The van der Waals surface area contributed by atoms with Crippen LogP contribution in [0.4, 0.5) is 0 Å². The molecule has 0 aromatic carbocycles. The Morgan fingerprint density at radius 3 is 2.33 bits per heavy atom. The molecule has 0 saturated heterocycles. The molecule has 0 aromatic heterocycles. The third kappa shape index (κ3) is 4.26. The number of ether oxygens (including phenoxy) is 1. The predicted molar refractivity (Wildman–Crippen MR) is 64.1 cm³/mol. The monoisotopic (exact) mass is 278 g/mol. The summed E-state index contributed by atoms with van der Waals surface area (Å²) in [6, 6.07) is -1.20. The lowest BCUT2D eigenvalue weighted by Gasteiger charge is -2.15. The topological polar surface area (TPSA) is 130 Å². The van der Waals surface area contributed by atoms with Crippen molar-refractivity contribution in [2.75, 3.05) is 18.6 Å². The zero-order valence-electron chi connectivity index (χ0n) is 10.2. The number of primary amides is 1. The third-order valence-corrected chi connectivity index (χ3v) is 4.95. The number of esters is 1. The molecule has 1 atom stereocenters. The van der Waals surface area contributed by atoms with Crippen molar-refractivity contribution in [3.05, 3.63) is 0 Å². The van der Waals surface area contributed by atoms with Gasteiger partial charge >= 0.3 is 5.97 Å². The Hall–Kier alpha value is -1.15. The summed E-state index contributed by atoms with van der Waals surface area (Å²) in [5, 5.41) is 0. The molecule has 1 aliphatic carbocycles. The number of hydrogen-bond acceptors (Lipinski definition) is 6. The molecule has 1 fully saturated rings. The molecule has 8 heteroatoms. The second-order valence-electron chi connectivity index (χ2n) is 4.82. The fourth-order valence-electron chi connectivity index (χ4n) is 1.81. The SMILES string of the molecule is COC(=O)CC1(CS(=O)(=O)CC(N)C(N)=O)CC1. The lowest BCUT2D eigenvalue weighted by Crippen LogP contribution is -2.43. The third-order valence-electron chi connectivity index (χ3n) is 3.03. The summed E-state index contributed by atoms with van der Waals surface area (Å²) in [6.45, 7) is 0. The Bertz CT molecular complexity index is 441. The molecule has 0 aliphatic heterocycles. The highest BCUT2D eigenvalue weighted by atomic mass is 32.2. The van der Waals surface area contributed by atoms with Gasteiger partial charge < -0.3 is 16.2 Å². The van der Waals surface area contributed by atoms with Crippen LogP contribution in [0, 0.1) is 5.41 Å². The molecule has 1 rings (SSSR count). The molecule has 1 amide bonds. The molecule has 0 aromatic rings. The van der Waals surface area contributed by atoms with Gasteiger partial charge in [-0.15, -0.1) is 0 Å². The van der Waals surface area contributed by atoms with Gasteiger partial charge in [-0.05, 0) is 18.3 Å². The molecule has 1 saturated carbocycles. The number of carbonyl (C=O) groups is 2. The minimum Gasteiger partial charge on any atom is -0.469 e. The highest BCUT2D eigenvalue weighted by Crippen LogP contribution is 2.50. The molecule has 0 spiro atoms. The number of amides is 1. The molecular formula is C10H18N2O5S. The number of nitrogens with two attached hydrogens (primary N) is 2. The van der Waals surface area contributed by atoms with Gasteiger partial charge in [0, 0.05) is 0 Å². The van der Waals surface area contributed by atoms with E-state index in [-0.39, 0.29) is 12.2 Å². The zero-order chi connectivity index (χ0) is 14.0. The molecule has 1 unspecified atom stereocenters. The number of methoxy groups -OCH3 is 1. The van der Waals surface area contributed by atoms with E-state index in [0.717, 1.165) is 0 Å². The van der Waals surface area contributed by atoms with Crippen molar-refractivity contribution in [1.29, 1.82) is 0 Å². The highest BCUT2D eigenvalue weighted by molar-refractivity contribution is 7.91. The van der Waals surface area contributed by atoms with Crippen LogP contribution in [0.5, 0.6) is 0 Å². The Balaban J connectivity index is 2.61.